The molecule has 6 nitrogen and oxygen atoms in total. The van der Waals surface area contributed by atoms with E-state index in [1.807, 2.05) is 41.3 Å². The van der Waals surface area contributed by atoms with Gasteiger partial charge in [-0.3, -0.25) is 4.90 Å². The molecular weight excluding hydrogens is 366 g/mol. The Morgan fingerprint density at radius 1 is 1.00 bits per heavy atom. The molecule has 4 rings (SSSR count). The molecule has 0 radical (unpaired) electrons. The second kappa shape index (κ2) is 9.47. The van der Waals surface area contributed by atoms with Crippen LogP contribution in [0.2, 0.25) is 0 Å². The van der Waals surface area contributed by atoms with Crippen LogP contribution in [0.15, 0.2) is 54.6 Å². The number of nitrogens with zero attached hydrogens (tertiary/aromatic N) is 2. The second-order valence-corrected chi connectivity index (χ2v) is 7.27. The van der Waals surface area contributed by atoms with E-state index in [-0.39, 0.29) is 12.8 Å². The lowest BCUT2D eigenvalue weighted by molar-refractivity contribution is 0.147. The van der Waals surface area contributed by atoms with Crippen LogP contribution in [0.4, 0.5) is 4.79 Å². The highest BCUT2D eigenvalue weighted by atomic mass is 16.7. The van der Waals surface area contributed by atoms with Gasteiger partial charge >= 0.3 is 6.03 Å². The van der Waals surface area contributed by atoms with Gasteiger partial charge in [-0.05, 0) is 29.7 Å². The van der Waals surface area contributed by atoms with E-state index in [2.05, 4.69) is 34.5 Å². The quantitative estimate of drug-likeness (QED) is 0.820. The molecule has 0 atom stereocenters. The van der Waals surface area contributed by atoms with Crippen LogP contribution >= 0.6 is 0 Å². The summed E-state index contributed by atoms with van der Waals surface area (Å²) >= 11 is 0. The monoisotopic (exact) mass is 393 g/mol. The predicted molar refractivity (Wildman–Crippen MR) is 113 cm³/mol. The van der Waals surface area contributed by atoms with Gasteiger partial charge in [0.1, 0.15) is 0 Å². The summed E-state index contributed by atoms with van der Waals surface area (Å²) in [5.74, 6) is 1.57. The molecule has 1 fully saturated rings. The fourth-order valence-electron chi connectivity index (χ4n) is 3.56. The Kier molecular flexibility index (Phi) is 6.32. The minimum atomic E-state index is 0.0187. The van der Waals surface area contributed by atoms with Gasteiger partial charge in [-0.2, -0.15) is 0 Å². The Morgan fingerprint density at radius 3 is 2.62 bits per heavy atom. The molecule has 0 unspecified atom stereocenters. The molecule has 2 amide bonds. The van der Waals surface area contributed by atoms with Gasteiger partial charge in [0.2, 0.25) is 6.79 Å². The zero-order valence-electron chi connectivity index (χ0n) is 16.5. The average molecular weight is 393 g/mol. The van der Waals surface area contributed by atoms with Crippen LogP contribution in [0.3, 0.4) is 0 Å². The first-order valence-corrected chi connectivity index (χ1v) is 10.1. The fourth-order valence-corrected chi connectivity index (χ4v) is 3.56. The van der Waals surface area contributed by atoms with Crippen LogP contribution in [0.1, 0.15) is 11.1 Å². The van der Waals surface area contributed by atoms with Crippen LogP contribution in [-0.2, 0) is 6.42 Å². The summed E-state index contributed by atoms with van der Waals surface area (Å²) in [6.45, 7) is 5.12. The van der Waals surface area contributed by atoms with E-state index in [9.17, 15) is 4.79 Å². The van der Waals surface area contributed by atoms with E-state index in [0.717, 1.165) is 56.2 Å². The molecule has 0 saturated carbocycles. The number of hydrogen-bond donors (Lipinski definition) is 1. The molecule has 0 spiro atoms. The number of urea groups is 1. The molecule has 152 valence electrons. The highest BCUT2D eigenvalue weighted by Crippen LogP contribution is 2.32. The summed E-state index contributed by atoms with van der Waals surface area (Å²) in [5, 5.41) is 3.03. The zero-order valence-corrected chi connectivity index (χ0v) is 16.5. The van der Waals surface area contributed by atoms with Crippen molar-refractivity contribution in [3.8, 4) is 11.5 Å². The van der Waals surface area contributed by atoms with E-state index in [1.165, 1.54) is 5.56 Å². The van der Waals surface area contributed by atoms with Gasteiger partial charge in [0, 0.05) is 39.3 Å². The third-order valence-corrected chi connectivity index (χ3v) is 5.26. The van der Waals surface area contributed by atoms with Gasteiger partial charge in [0.15, 0.2) is 11.5 Å². The summed E-state index contributed by atoms with van der Waals surface area (Å²) in [5.41, 5.74) is 2.34. The average Bonchev–Trinajstić information content (AvgIpc) is 3.23. The third-order valence-electron chi connectivity index (χ3n) is 5.26. The van der Waals surface area contributed by atoms with Gasteiger partial charge < -0.3 is 19.7 Å². The number of carbonyl (C=O) groups excluding carboxylic acids is 1. The number of fused-ring (bicyclic) bond motifs is 1. The van der Waals surface area contributed by atoms with Crippen molar-refractivity contribution in [3.63, 3.8) is 0 Å². The van der Waals surface area contributed by atoms with E-state index in [0.29, 0.717) is 6.54 Å². The first kappa shape index (κ1) is 19.3. The van der Waals surface area contributed by atoms with Crippen LogP contribution in [0, 0.1) is 0 Å². The summed E-state index contributed by atoms with van der Waals surface area (Å²) in [4.78, 5) is 16.7. The standard InChI is InChI=1S/C23H27N3O3/c27-23(24-11-10-20-8-9-21-22(17-20)29-18-28-21)26-15-13-25(14-16-26)12-4-7-19-5-2-1-3-6-19/h1-9,17H,10-16,18H2,(H,24,27)/b7-4+. The molecule has 0 bridgehead atoms. The van der Waals surface area contributed by atoms with E-state index in [1.54, 1.807) is 0 Å². The molecule has 1 saturated heterocycles. The number of hydrogen-bond acceptors (Lipinski definition) is 4. The summed E-state index contributed by atoms with van der Waals surface area (Å²) < 4.78 is 10.7. The molecule has 2 aliphatic rings. The van der Waals surface area contributed by atoms with Crippen molar-refractivity contribution in [2.75, 3.05) is 46.1 Å². The van der Waals surface area contributed by atoms with E-state index < -0.39 is 0 Å². The molecule has 29 heavy (non-hydrogen) atoms. The van der Waals surface area contributed by atoms with Crippen molar-refractivity contribution in [1.82, 2.24) is 15.1 Å². The van der Waals surface area contributed by atoms with Gasteiger partial charge in [0.25, 0.3) is 0 Å². The first-order chi connectivity index (χ1) is 14.3. The van der Waals surface area contributed by atoms with Gasteiger partial charge in [-0.15, -0.1) is 0 Å². The predicted octanol–water partition coefficient (Wildman–Crippen LogP) is 3.00. The maximum absolute atomic E-state index is 12.4. The lowest BCUT2D eigenvalue weighted by atomic mass is 10.1. The topological polar surface area (TPSA) is 54.0 Å². The lowest BCUT2D eigenvalue weighted by Gasteiger charge is -2.34. The minimum absolute atomic E-state index is 0.0187. The number of amides is 2. The van der Waals surface area contributed by atoms with Gasteiger partial charge in [-0.25, -0.2) is 4.79 Å². The number of ether oxygens (including phenoxy) is 2. The molecule has 2 aliphatic heterocycles. The summed E-state index contributed by atoms with van der Waals surface area (Å²) in [6.07, 6.45) is 5.11. The highest BCUT2D eigenvalue weighted by molar-refractivity contribution is 5.74. The number of carbonyl (C=O) groups is 1. The molecule has 2 heterocycles. The number of piperazine rings is 1. The lowest BCUT2D eigenvalue weighted by Crippen LogP contribution is -2.51. The molecule has 0 aliphatic carbocycles. The molecule has 6 heteroatoms. The minimum Gasteiger partial charge on any atom is -0.454 e. The van der Waals surface area contributed by atoms with Gasteiger partial charge in [0.05, 0.1) is 0 Å². The first-order valence-electron chi connectivity index (χ1n) is 10.1. The van der Waals surface area contributed by atoms with Crippen LogP contribution < -0.4 is 14.8 Å². The van der Waals surface area contributed by atoms with Gasteiger partial charge in [-0.1, -0.05) is 48.6 Å². The van der Waals surface area contributed by atoms with Crippen molar-refractivity contribution >= 4 is 12.1 Å². The number of nitrogens with one attached hydrogen (secondary N) is 1. The van der Waals surface area contributed by atoms with Crippen LogP contribution in [0.25, 0.3) is 6.08 Å². The molecule has 2 aromatic carbocycles. The second-order valence-electron chi connectivity index (χ2n) is 7.27. The SMILES string of the molecule is O=C(NCCc1ccc2c(c1)OCO2)N1CCN(C/C=C/c2ccccc2)CC1. The Morgan fingerprint density at radius 2 is 1.79 bits per heavy atom. The van der Waals surface area contributed by atoms with E-state index >= 15 is 0 Å². The maximum atomic E-state index is 12.4. The normalized spacial score (nSPS) is 16.3. The smallest absolute Gasteiger partial charge is 0.317 e. The molecule has 0 aromatic heterocycles. The Hall–Kier alpha value is -2.99. The maximum Gasteiger partial charge on any atom is 0.317 e. The number of rotatable bonds is 6. The van der Waals surface area contributed by atoms with E-state index in [4.69, 9.17) is 9.47 Å². The Balaban J connectivity index is 1.15. The Labute approximate surface area is 171 Å². The van der Waals surface area contributed by atoms with Crippen molar-refractivity contribution in [2.24, 2.45) is 0 Å². The summed E-state index contributed by atoms with van der Waals surface area (Å²) in [6, 6.07) is 16.3. The summed E-state index contributed by atoms with van der Waals surface area (Å²) in [7, 11) is 0. The molecule has 1 N–H and O–H groups in total. The van der Waals surface area contributed by atoms with Crippen molar-refractivity contribution in [3.05, 3.63) is 65.7 Å². The number of benzene rings is 2. The van der Waals surface area contributed by atoms with Crippen molar-refractivity contribution < 1.29 is 14.3 Å². The highest BCUT2D eigenvalue weighted by Gasteiger charge is 2.20. The Bertz CT molecular complexity index is 846. The van der Waals surface area contributed by atoms with Crippen LogP contribution in [-0.4, -0.2) is 61.9 Å². The van der Waals surface area contributed by atoms with Crippen molar-refractivity contribution in [2.45, 2.75) is 6.42 Å². The van der Waals surface area contributed by atoms with Crippen LogP contribution in [0.5, 0.6) is 11.5 Å². The fraction of sp³-hybridized carbons (Fsp3) is 0.348. The zero-order chi connectivity index (χ0) is 19.9. The van der Waals surface area contributed by atoms with Crippen molar-refractivity contribution in [1.29, 1.82) is 0 Å². The molecular formula is C23H27N3O3. The largest absolute Gasteiger partial charge is 0.454 e. The third kappa shape index (κ3) is 5.29. The molecule has 2 aromatic rings.